The maximum Gasteiger partial charge on any atom is 0.264 e. The van der Waals surface area contributed by atoms with Crippen LogP contribution in [0.2, 0.25) is 0 Å². The Morgan fingerprint density at radius 1 is 1.19 bits per heavy atom. The van der Waals surface area contributed by atoms with Crippen LogP contribution in [-0.4, -0.2) is 34.9 Å². The lowest BCUT2D eigenvalue weighted by atomic mass is 10.1. The third-order valence-electron chi connectivity index (χ3n) is 3.88. The summed E-state index contributed by atoms with van der Waals surface area (Å²) >= 11 is 0. The Morgan fingerprint density at radius 3 is 2.62 bits per heavy atom. The predicted octanol–water partition coefficient (Wildman–Crippen LogP) is 1.89. The van der Waals surface area contributed by atoms with Gasteiger partial charge in [-0.3, -0.25) is 14.8 Å². The van der Waals surface area contributed by atoms with Crippen LogP contribution in [0.25, 0.3) is 0 Å². The van der Waals surface area contributed by atoms with Crippen LogP contribution < -0.4 is 5.56 Å². The SMILES string of the molecule is Cc1cc(C)cc(CN2CCOCC2c2cc(=O)[nH][nH]2)c1. The van der Waals surface area contributed by atoms with E-state index in [0.717, 1.165) is 25.4 Å². The third-order valence-corrected chi connectivity index (χ3v) is 3.88. The predicted molar refractivity (Wildman–Crippen MR) is 81.3 cm³/mol. The first kappa shape index (κ1) is 14.1. The average molecular weight is 287 g/mol. The average Bonchev–Trinajstić information content (AvgIpc) is 2.85. The van der Waals surface area contributed by atoms with Crippen molar-refractivity contribution in [3.8, 4) is 0 Å². The fourth-order valence-electron chi connectivity index (χ4n) is 3.04. The molecule has 21 heavy (non-hydrogen) atoms. The summed E-state index contributed by atoms with van der Waals surface area (Å²) in [5.74, 6) is 0. The molecule has 0 spiro atoms. The van der Waals surface area contributed by atoms with E-state index in [1.54, 1.807) is 6.07 Å². The molecule has 2 aromatic rings. The van der Waals surface area contributed by atoms with Gasteiger partial charge in [0.15, 0.2) is 0 Å². The molecule has 1 saturated heterocycles. The van der Waals surface area contributed by atoms with E-state index in [-0.39, 0.29) is 11.6 Å². The number of aromatic amines is 2. The van der Waals surface area contributed by atoms with Crippen LogP contribution in [0.15, 0.2) is 29.1 Å². The monoisotopic (exact) mass is 287 g/mol. The summed E-state index contributed by atoms with van der Waals surface area (Å²) in [4.78, 5) is 13.7. The molecular weight excluding hydrogens is 266 g/mol. The topological polar surface area (TPSA) is 61.1 Å². The Hall–Kier alpha value is -1.85. The number of hydrogen-bond donors (Lipinski definition) is 2. The van der Waals surface area contributed by atoms with Gasteiger partial charge in [0.05, 0.1) is 24.9 Å². The van der Waals surface area contributed by atoms with Gasteiger partial charge in [0.25, 0.3) is 5.56 Å². The van der Waals surface area contributed by atoms with E-state index in [4.69, 9.17) is 4.74 Å². The zero-order valence-corrected chi connectivity index (χ0v) is 12.5. The Kier molecular flexibility index (Phi) is 3.94. The van der Waals surface area contributed by atoms with Gasteiger partial charge in [-0.05, 0) is 19.4 Å². The summed E-state index contributed by atoms with van der Waals surface area (Å²) in [7, 11) is 0. The Balaban J connectivity index is 1.82. The number of hydrogen-bond acceptors (Lipinski definition) is 3. The molecule has 2 N–H and O–H groups in total. The zero-order valence-electron chi connectivity index (χ0n) is 12.5. The van der Waals surface area contributed by atoms with Crippen LogP contribution in [0.1, 0.15) is 28.4 Å². The van der Waals surface area contributed by atoms with Crippen molar-refractivity contribution in [2.24, 2.45) is 0 Å². The van der Waals surface area contributed by atoms with Gasteiger partial charge in [0.2, 0.25) is 0 Å². The van der Waals surface area contributed by atoms with Crippen molar-refractivity contribution in [2.75, 3.05) is 19.8 Å². The second-order valence-electron chi connectivity index (χ2n) is 5.77. The number of ether oxygens (including phenoxy) is 1. The van der Waals surface area contributed by atoms with Gasteiger partial charge in [-0.1, -0.05) is 29.3 Å². The Morgan fingerprint density at radius 2 is 1.95 bits per heavy atom. The van der Waals surface area contributed by atoms with E-state index in [9.17, 15) is 4.79 Å². The minimum Gasteiger partial charge on any atom is -0.378 e. The number of aryl methyl sites for hydroxylation is 2. The molecule has 1 aliphatic heterocycles. The molecule has 0 bridgehead atoms. The number of nitrogens with one attached hydrogen (secondary N) is 2. The van der Waals surface area contributed by atoms with Gasteiger partial charge in [-0.25, -0.2) is 0 Å². The lowest BCUT2D eigenvalue weighted by molar-refractivity contribution is -0.0142. The van der Waals surface area contributed by atoms with Gasteiger partial charge in [-0.2, -0.15) is 0 Å². The van der Waals surface area contributed by atoms with E-state index in [2.05, 4.69) is 47.1 Å². The first-order valence-electron chi connectivity index (χ1n) is 7.28. The van der Waals surface area contributed by atoms with Crippen molar-refractivity contribution in [1.82, 2.24) is 15.1 Å². The first-order valence-corrected chi connectivity index (χ1v) is 7.28. The quantitative estimate of drug-likeness (QED) is 0.906. The highest BCUT2D eigenvalue weighted by Crippen LogP contribution is 2.24. The Bertz CT molecular complexity index is 654. The van der Waals surface area contributed by atoms with Crippen molar-refractivity contribution >= 4 is 0 Å². The molecule has 1 aliphatic rings. The van der Waals surface area contributed by atoms with Crippen LogP contribution in [-0.2, 0) is 11.3 Å². The summed E-state index contributed by atoms with van der Waals surface area (Å²) in [5, 5.41) is 5.56. The van der Waals surface area contributed by atoms with Crippen LogP contribution in [0.4, 0.5) is 0 Å². The molecule has 1 aromatic heterocycles. The molecule has 0 aliphatic carbocycles. The van der Waals surface area contributed by atoms with E-state index in [1.807, 2.05) is 0 Å². The number of aromatic nitrogens is 2. The van der Waals surface area contributed by atoms with Crippen LogP contribution >= 0.6 is 0 Å². The number of benzene rings is 1. The van der Waals surface area contributed by atoms with Crippen molar-refractivity contribution in [1.29, 1.82) is 0 Å². The third kappa shape index (κ3) is 3.25. The molecule has 1 atom stereocenters. The van der Waals surface area contributed by atoms with E-state index >= 15 is 0 Å². The molecule has 1 aromatic carbocycles. The number of H-pyrrole nitrogens is 2. The summed E-state index contributed by atoms with van der Waals surface area (Å²) in [5.41, 5.74) is 4.66. The summed E-state index contributed by atoms with van der Waals surface area (Å²) in [6.07, 6.45) is 0. The van der Waals surface area contributed by atoms with Crippen LogP contribution in [0.5, 0.6) is 0 Å². The second kappa shape index (κ2) is 5.87. The molecular formula is C16H21N3O2. The lowest BCUT2D eigenvalue weighted by Crippen LogP contribution is -2.39. The molecule has 3 rings (SSSR count). The highest BCUT2D eigenvalue weighted by Gasteiger charge is 2.26. The molecule has 0 amide bonds. The maximum atomic E-state index is 11.3. The van der Waals surface area contributed by atoms with E-state index < -0.39 is 0 Å². The fraction of sp³-hybridized carbons (Fsp3) is 0.438. The molecule has 0 radical (unpaired) electrons. The lowest BCUT2D eigenvalue weighted by Gasteiger charge is -2.35. The highest BCUT2D eigenvalue weighted by molar-refractivity contribution is 5.28. The molecule has 1 unspecified atom stereocenters. The van der Waals surface area contributed by atoms with Crippen molar-refractivity contribution in [3.05, 3.63) is 57.0 Å². The zero-order chi connectivity index (χ0) is 14.8. The fourth-order valence-corrected chi connectivity index (χ4v) is 3.04. The summed E-state index contributed by atoms with van der Waals surface area (Å²) < 4.78 is 5.58. The molecule has 2 heterocycles. The first-order chi connectivity index (χ1) is 10.1. The molecule has 5 nitrogen and oxygen atoms in total. The summed E-state index contributed by atoms with van der Waals surface area (Å²) in [6, 6.07) is 8.34. The van der Waals surface area contributed by atoms with Crippen LogP contribution in [0, 0.1) is 13.8 Å². The van der Waals surface area contributed by atoms with Crippen LogP contribution in [0.3, 0.4) is 0 Å². The van der Waals surface area contributed by atoms with Gasteiger partial charge in [-0.15, -0.1) is 0 Å². The molecule has 0 saturated carbocycles. The largest absolute Gasteiger partial charge is 0.378 e. The maximum absolute atomic E-state index is 11.3. The van der Waals surface area contributed by atoms with Gasteiger partial charge in [0, 0.05) is 19.2 Å². The van der Waals surface area contributed by atoms with Gasteiger partial charge in [0.1, 0.15) is 0 Å². The second-order valence-corrected chi connectivity index (χ2v) is 5.77. The van der Waals surface area contributed by atoms with Crippen molar-refractivity contribution < 1.29 is 4.74 Å². The standard InChI is InChI=1S/C16H21N3O2/c1-11-5-12(2)7-13(6-11)9-19-3-4-21-10-15(19)14-8-16(20)18-17-14/h5-8,15H,3-4,9-10H2,1-2H3,(H2,17,18,20). The highest BCUT2D eigenvalue weighted by atomic mass is 16.5. The van der Waals surface area contributed by atoms with Gasteiger partial charge >= 0.3 is 0 Å². The van der Waals surface area contributed by atoms with E-state index in [1.165, 1.54) is 16.7 Å². The number of nitrogens with zero attached hydrogens (tertiary/aromatic N) is 1. The van der Waals surface area contributed by atoms with Crippen molar-refractivity contribution in [2.45, 2.75) is 26.4 Å². The molecule has 112 valence electrons. The number of morpholine rings is 1. The van der Waals surface area contributed by atoms with Gasteiger partial charge < -0.3 is 9.84 Å². The summed E-state index contributed by atoms with van der Waals surface area (Å²) in [6.45, 7) is 7.32. The molecule has 1 fully saturated rings. The molecule has 5 heteroatoms. The minimum atomic E-state index is -0.0954. The van der Waals surface area contributed by atoms with Crippen molar-refractivity contribution in [3.63, 3.8) is 0 Å². The Labute approximate surface area is 123 Å². The normalized spacial score (nSPS) is 19.8. The van der Waals surface area contributed by atoms with E-state index in [0.29, 0.717) is 6.61 Å². The number of rotatable bonds is 3. The smallest absolute Gasteiger partial charge is 0.264 e. The minimum absolute atomic E-state index is 0.0954.